The van der Waals surface area contributed by atoms with E-state index in [1.54, 1.807) is 0 Å². The second-order valence-electron chi connectivity index (χ2n) is 5.33. The number of carbonyl (C=O) groups excluding carboxylic acids is 3. The molecule has 3 atom stereocenters. The van der Waals surface area contributed by atoms with Gasteiger partial charge in [-0.15, -0.1) is 0 Å². The first-order valence-electron chi connectivity index (χ1n) is 7.24. The van der Waals surface area contributed by atoms with Crippen LogP contribution in [-0.4, -0.2) is 76.6 Å². The lowest BCUT2D eigenvalue weighted by atomic mass is 10.2. The minimum Gasteiger partial charge on any atom is -0.480 e. The Morgan fingerprint density at radius 1 is 1.30 bits per heavy atom. The van der Waals surface area contributed by atoms with Gasteiger partial charge in [0.1, 0.15) is 12.1 Å². The molecule has 1 heterocycles. The zero-order chi connectivity index (χ0) is 17.6. The van der Waals surface area contributed by atoms with Crippen molar-refractivity contribution in [2.24, 2.45) is 5.73 Å². The highest BCUT2D eigenvalue weighted by atomic mass is 16.4. The van der Waals surface area contributed by atoms with Crippen molar-refractivity contribution in [1.29, 1.82) is 0 Å². The van der Waals surface area contributed by atoms with E-state index in [-0.39, 0.29) is 0 Å². The second kappa shape index (κ2) is 8.44. The molecule has 1 fully saturated rings. The number of rotatable bonds is 7. The van der Waals surface area contributed by atoms with Gasteiger partial charge in [0, 0.05) is 6.54 Å². The second-order valence-corrected chi connectivity index (χ2v) is 5.33. The van der Waals surface area contributed by atoms with Crippen molar-refractivity contribution in [1.82, 2.24) is 15.5 Å². The third-order valence-corrected chi connectivity index (χ3v) is 3.50. The van der Waals surface area contributed by atoms with E-state index in [0.717, 1.165) is 0 Å². The standard InChI is InChI=1S/C13H22N4O6/c1-7(14)11(20)16-8(6-18)12(21)15-5-10(19)17-4-2-3-9(17)13(22)23/h7-9,18H,2-6,14H2,1H3,(H,15,21)(H,16,20)(H,22,23)/t7?,8?,9-/m0/s1. The Kier molecular flexibility index (Phi) is 6.91. The fourth-order valence-electron chi connectivity index (χ4n) is 2.21. The summed E-state index contributed by atoms with van der Waals surface area (Å²) in [5.74, 6) is -2.98. The van der Waals surface area contributed by atoms with Gasteiger partial charge in [-0.1, -0.05) is 0 Å². The number of carboxylic acid groups (broad SMARTS) is 1. The molecule has 0 spiro atoms. The molecular formula is C13H22N4O6. The third kappa shape index (κ3) is 5.18. The van der Waals surface area contributed by atoms with Crippen LogP contribution in [0, 0.1) is 0 Å². The molecule has 0 aromatic rings. The highest BCUT2D eigenvalue weighted by Gasteiger charge is 2.34. The summed E-state index contributed by atoms with van der Waals surface area (Å²) in [5.41, 5.74) is 5.35. The molecule has 3 amide bonds. The van der Waals surface area contributed by atoms with E-state index in [0.29, 0.717) is 19.4 Å². The van der Waals surface area contributed by atoms with Crippen LogP contribution in [-0.2, 0) is 19.2 Å². The van der Waals surface area contributed by atoms with E-state index in [2.05, 4.69) is 10.6 Å². The van der Waals surface area contributed by atoms with E-state index >= 15 is 0 Å². The average molecular weight is 330 g/mol. The summed E-state index contributed by atoms with van der Waals surface area (Å²) in [4.78, 5) is 47.5. The van der Waals surface area contributed by atoms with Crippen LogP contribution < -0.4 is 16.4 Å². The Labute approximate surface area is 133 Å². The first kappa shape index (κ1) is 18.8. The van der Waals surface area contributed by atoms with E-state index in [1.807, 2.05) is 0 Å². The first-order valence-corrected chi connectivity index (χ1v) is 7.24. The van der Waals surface area contributed by atoms with E-state index in [1.165, 1.54) is 11.8 Å². The molecule has 0 bridgehead atoms. The van der Waals surface area contributed by atoms with Crippen molar-refractivity contribution in [3.8, 4) is 0 Å². The van der Waals surface area contributed by atoms with Crippen molar-refractivity contribution in [2.45, 2.75) is 37.9 Å². The summed E-state index contributed by atoms with van der Waals surface area (Å²) in [5, 5.41) is 22.7. The normalized spacial score (nSPS) is 19.8. The zero-order valence-corrected chi connectivity index (χ0v) is 12.8. The van der Waals surface area contributed by atoms with Gasteiger partial charge in [-0.25, -0.2) is 4.79 Å². The summed E-state index contributed by atoms with van der Waals surface area (Å²) in [6.45, 7) is 0.675. The number of nitrogens with zero attached hydrogens (tertiary/aromatic N) is 1. The van der Waals surface area contributed by atoms with E-state index in [4.69, 9.17) is 15.9 Å². The lowest BCUT2D eigenvalue weighted by molar-refractivity contribution is -0.148. The summed E-state index contributed by atoms with van der Waals surface area (Å²) < 4.78 is 0. The lowest BCUT2D eigenvalue weighted by Crippen LogP contribution is -2.54. The van der Waals surface area contributed by atoms with Gasteiger partial charge in [0.2, 0.25) is 17.7 Å². The number of nitrogens with one attached hydrogen (secondary N) is 2. The van der Waals surface area contributed by atoms with Gasteiger partial charge >= 0.3 is 5.97 Å². The quantitative estimate of drug-likeness (QED) is 0.332. The van der Waals surface area contributed by atoms with Crippen LogP contribution in [0.5, 0.6) is 0 Å². The summed E-state index contributed by atoms with van der Waals surface area (Å²) in [6.07, 6.45) is 0.957. The summed E-state index contributed by atoms with van der Waals surface area (Å²) in [6, 6.07) is -2.96. The van der Waals surface area contributed by atoms with Crippen LogP contribution in [0.2, 0.25) is 0 Å². The van der Waals surface area contributed by atoms with Crippen LogP contribution >= 0.6 is 0 Å². The number of amides is 3. The van der Waals surface area contributed by atoms with Gasteiger partial charge in [0.15, 0.2) is 0 Å². The van der Waals surface area contributed by atoms with Crippen LogP contribution in [0.4, 0.5) is 0 Å². The van der Waals surface area contributed by atoms with Gasteiger partial charge in [-0.2, -0.15) is 0 Å². The van der Waals surface area contributed by atoms with Crippen LogP contribution in [0.3, 0.4) is 0 Å². The number of hydrogen-bond acceptors (Lipinski definition) is 6. The molecular weight excluding hydrogens is 308 g/mol. The van der Waals surface area contributed by atoms with Crippen LogP contribution in [0.25, 0.3) is 0 Å². The Morgan fingerprint density at radius 3 is 2.48 bits per heavy atom. The number of nitrogens with two attached hydrogens (primary N) is 1. The van der Waals surface area contributed by atoms with Crippen molar-refractivity contribution < 1.29 is 29.4 Å². The topological polar surface area (TPSA) is 162 Å². The van der Waals surface area contributed by atoms with Crippen molar-refractivity contribution in [3.05, 3.63) is 0 Å². The summed E-state index contributed by atoms with van der Waals surface area (Å²) >= 11 is 0. The van der Waals surface area contributed by atoms with E-state index < -0.39 is 55.0 Å². The highest BCUT2D eigenvalue weighted by molar-refractivity contribution is 5.92. The molecule has 130 valence electrons. The van der Waals surface area contributed by atoms with Gasteiger partial charge in [-0.05, 0) is 19.8 Å². The maximum atomic E-state index is 12.0. The lowest BCUT2D eigenvalue weighted by Gasteiger charge is -2.22. The van der Waals surface area contributed by atoms with E-state index in [9.17, 15) is 19.2 Å². The van der Waals surface area contributed by atoms with Crippen LogP contribution in [0.15, 0.2) is 0 Å². The fourth-order valence-corrected chi connectivity index (χ4v) is 2.21. The maximum absolute atomic E-state index is 12.0. The Morgan fingerprint density at radius 2 is 1.96 bits per heavy atom. The summed E-state index contributed by atoms with van der Waals surface area (Å²) in [7, 11) is 0. The number of carboxylic acids is 1. The molecule has 10 nitrogen and oxygen atoms in total. The van der Waals surface area contributed by atoms with Crippen molar-refractivity contribution in [2.75, 3.05) is 19.7 Å². The number of carbonyl (C=O) groups is 4. The molecule has 2 unspecified atom stereocenters. The molecule has 6 N–H and O–H groups in total. The zero-order valence-electron chi connectivity index (χ0n) is 12.8. The molecule has 0 aromatic carbocycles. The molecule has 23 heavy (non-hydrogen) atoms. The molecule has 0 aliphatic carbocycles. The molecule has 1 saturated heterocycles. The largest absolute Gasteiger partial charge is 0.480 e. The molecule has 10 heteroatoms. The first-order chi connectivity index (χ1) is 10.8. The number of likely N-dealkylation sites (tertiary alicyclic amines) is 1. The minimum absolute atomic E-state index is 0.316. The van der Waals surface area contributed by atoms with Gasteiger partial charge in [-0.3, -0.25) is 14.4 Å². The molecule has 0 radical (unpaired) electrons. The Bertz CT molecular complexity index is 481. The average Bonchev–Trinajstić information content (AvgIpc) is 2.99. The maximum Gasteiger partial charge on any atom is 0.326 e. The number of aliphatic carboxylic acids is 1. The predicted molar refractivity (Wildman–Crippen MR) is 78.0 cm³/mol. The third-order valence-electron chi connectivity index (χ3n) is 3.50. The SMILES string of the molecule is CC(N)C(=O)NC(CO)C(=O)NCC(=O)N1CCC[C@H]1C(=O)O. The fraction of sp³-hybridized carbons (Fsp3) is 0.692. The smallest absolute Gasteiger partial charge is 0.326 e. The molecule has 1 aliphatic rings. The highest BCUT2D eigenvalue weighted by Crippen LogP contribution is 2.17. The Hall–Kier alpha value is -2.20. The Balaban J connectivity index is 2.52. The van der Waals surface area contributed by atoms with Crippen molar-refractivity contribution >= 4 is 23.7 Å². The molecule has 0 saturated carbocycles. The minimum atomic E-state index is -1.23. The van der Waals surface area contributed by atoms with Gasteiger partial charge in [0.25, 0.3) is 0 Å². The number of aliphatic hydroxyl groups excluding tert-OH is 1. The number of hydrogen-bond donors (Lipinski definition) is 5. The predicted octanol–water partition coefficient (Wildman–Crippen LogP) is -3.00. The molecule has 1 aliphatic heterocycles. The monoisotopic (exact) mass is 330 g/mol. The molecule has 1 rings (SSSR count). The number of aliphatic hydroxyl groups is 1. The van der Waals surface area contributed by atoms with Gasteiger partial charge < -0.3 is 31.5 Å². The van der Waals surface area contributed by atoms with Crippen LogP contribution in [0.1, 0.15) is 19.8 Å². The van der Waals surface area contributed by atoms with Gasteiger partial charge in [0.05, 0.1) is 19.2 Å². The van der Waals surface area contributed by atoms with Crippen molar-refractivity contribution in [3.63, 3.8) is 0 Å². The molecule has 0 aromatic heterocycles.